The van der Waals surface area contributed by atoms with Crippen LogP contribution in [0.5, 0.6) is 0 Å². The van der Waals surface area contributed by atoms with Gasteiger partial charge in [0, 0.05) is 15.2 Å². The molecule has 2 atom stereocenters. The van der Waals surface area contributed by atoms with Gasteiger partial charge in [-0.1, -0.05) is 30.7 Å². The van der Waals surface area contributed by atoms with Crippen LogP contribution in [0.15, 0.2) is 47.4 Å². The minimum Gasteiger partial charge on any atom is -0.465 e. The summed E-state index contributed by atoms with van der Waals surface area (Å²) in [6, 6.07) is 11.4. The van der Waals surface area contributed by atoms with E-state index in [1.807, 2.05) is 19.1 Å². The van der Waals surface area contributed by atoms with Crippen LogP contribution in [0.1, 0.15) is 43.6 Å². The molecule has 0 aliphatic carbocycles. The minimum atomic E-state index is -0.842. The van der Waals surface area contributed by atoms with Crippen LogP contribution in [0.3, 0.4) is 0 Å². The van der Waals surface area contributed by atoms with Crippen molar-refractivity contribution in [1.29, 1.82) is 0 Å². The molecule has 1 N–H and O–H groups in total. The van der Waals surface area contributed by atoms with Crippen LogP contribution in [0, 0.1) is 0 Å². The average molecular weight is 491 g/mol. The molecule has 0 radical (unpaired) electrons. The molecule has 3 rings (SSSR count). The van der Waals surface area contributed by atoms with Crippen LogP contribution < -0.4 is 10.2 Å². The molecule has 1 aliphatic rings. The lowest BCUT2D eigenvalue weighted by atomic mass is 10.1. The first kappa shape index (κ1) is 24.9. The van der Waals surface area contributed by atoms with Crippen molar-refractivity contribution in [2.75, 3.05) is 12.0 Å². The van der Waals surface area contributed by atoms with Gasteiger partial charge in [-0.2, -0.15) is 0 Å². The number of amides is 2. The monoisotopic (exact) mass is 490 g/mol. The molecule has 2 aromatic carbocycles. The van der Waals surface area contributed by atoms with E-state index in [0.717, 1.165) is 10.5 Å². The van der Waals surface area contributed by atoms with Gasteiger partial charge < -0.3 is 19.7 Å². The molecule has 0 fully saturated rings. The van der Waals surface area contributed by atoms with E-state index >= 15 is 0 Å². The van der Waals surface area contributed by atoms with Gasteiger partial charge in [-0.25, -0.2) is 9.59 Å². The van der Waals surface area contributed by atoms with Crippen molar-refractivity contribution in [3.8, 4) is 0 Å². The van der Waals surface area contributed by atoms with Crippen LogP contribution in [-0.4, -0.2) is 42.0 Å². The molecular formula is C24H27ClN2O5S. The standard InChI is InChI=1S/C24H27ClN2O5S/c1-14-20(26-23(30)32-24(2,3)4)21(28)27(13-15-6-9-17(25)10-7-15)18-12-16(22(29)31-5)8-11-19(18)33-14/h6-12,14,20H,13H2,1-5H3,(H,26,30)/t14-,20+/m1/s1. The molecule has 0 bridgehead atoms. The molecule has 0 spiro atoms. The van der Waals surface area contributed by atoms with E-state index in [2.05, 4.69) is 5.32 Å². The van der Waals surface area contributed by atoms with Gasteiger partial charge in [-0.15, -0.1) is 11.8 Å². The zero-order chi connectivity index (χ0) is 24.3. The molecule has 0 saturated carbocycles. The number of halogens is 1. The number of esters is 1. The number of benzene rings is 2. The van der Waals surface area contributed by atoms with Gasteiger partial charge in [0.15, 0.2) is 0 Å². The number of thioether (sulfide) groups is 1. The van der Waals surface area contributed by atoms with Crippen molar-refractivity contribution in [1.82, 2.24) is 5.32 Å². The number of methoxy groups -OCH3 is 1. The highest BCUT2D eigenvalue weighted by molar-refractivity contribution is 8.00. The molecule has 1 heterocycles. The molecule has 2 aromatic rings. The molecule has 0 saturated heterocycles. The summed E-state index contributed by atoms with van der Waals surface area (Å²) in [4.78, 5) is 40.8. The minimum absolute atomic E-state index is 0.230. The molecule has 2 amide bonds. The molecule has 33 heavy (non-hydrogen) atoms. The maximum atomic E-state index is 13.7. The third-order valence-electron chi connectivity index (χ3n) is 4.91. The Morgan fingerprint density at radius 2 is 1.82 bits per heavy atom. The number of rotatable bonds is 4. The largest absolute Gasteiger partial charge is 0.465 e. The van der Waals surface area contributed by atoms with E-state index in [1.54, 1.807) is 56.0 Å². The SMILES string of the molecule is COC(=O)c1ccc2c(c1)N(Cc1ccc(Cl)cc1)C(=O)[C@@H](NC(=O)OC(C)(C)C)[C@@H](C)S2. The summed E-state index contributed by atoms with van der Waals surface area (Å²) in [7, 11) is 1.31. The Morgan fingerprint density at radius 1 is 1.15 bits per heavy atom. The Balaban J connectivity index is 2.02. The first-order chi connectivity index (χ1) is 15.5. The fourth-order valence-electron chi connectivity index (χ4n) is 3.38. The van der Waals surface area contributed by atoms with E-state index in [4.69, 9.17) is 21.1 Å². The zero-order valence-electron chi connectivity index (χ0n) is 19.2. The van der Waals surface area contributed by atoms with Crippen molar-refractivity contribution >= 4 is 47.0 Å². The maximum Gasteiger partial charge on any atom is 0.408 e. The van der Waals surface area contributed by atoms with Crippen molar-refractivity contribution in [3.63, 3.8) is 0 Å². The second kappa shape index (κ2) is 10.1. The molecule has 0 aromatic heterocycles. The summed E-state index contributed by atoms with van der Waals surface area (Å²) in [6.45, 7) is 7.38. The first-order valence-corrected chi connectivity index (χ1v) is 11.7. The average Bonchev–Trinajstić information content (AvgIpc) is 2.83. The lowest BCUT2D eigenvalue weighted by molar-refractivity contribution is -0.120. The number of nitrogens with one attached hydrogen (secondary N) is 1. The fraction of sp³-hybridized carbons (Fsp3) is 0.375. The van der Waals surface area contributed by atoms with Crippen molar-refractivity contribution < 1.29 is 23.9 Å². The van der Waals surface area contributed by atoms with Crippen LogP contribution in [0.2, 0.25) is 5.02 Å². The Kier molecular flexibility index (Phi) is 7.59. The van der Waals surface area contributed by atoms with Gasteiger partial charge in [-0.3, -0.25) is 4.79 Å². The highest BCUT2D eigenvalue weighted by Gasteiger charge is 2.38. The van der Waals surface area contributed by atoms with Crippen LogP contribution >= 0.6 is 23.4 Å². The lowest BCUT2D eigenvalue weighted by Gasteiger charge is -2.28. The Hall–Kier alpha value is -2.71. The van der Waals surface area contributed by atoms with E-state index in [9.17, 15) is 14.4 Å². The summed E-state index contributed by atoms with van der Waals surface area (Å²) in [5, 5.41) is 3.03. The summed E-state index contributed by atoms with van der Waals surface area (Å²) >= 11 is 7.46. The molecule has 1 aliphatic heterocycles. The predicted molar refractivity (Wildman–Crippen MR) is 129 cm³/mol. The summed E-state index contributed by atoms with van der Waals surface area (Å²) in [6.07, 6.45) is -0.666. The van der Waals surface area contributed by atoms with E-state index < -0.39 is 23.7 Å². The number of alkyl carbamates (subject to hydrolysis) is 1. The highest BCUT2D eigenvalue weighted by atomic mass is 35.5. The van der Waals surface area contributed by atoms with Gasteiger partial charge in [0.1, 0.15) is 11.6 Å². The quantitative estimate of drug-likeness (QED) is 0.604. The number of hydrogen-bond acceptors (Lipinski definition) is 6. The number of fused-ring (bicyclic) bond motifs is 1. The number of nitrogens with zero attached hydrogens (tertiary/aromatic N) is 1. The van der Waals surface area contributed by atoms with Crippen LogP contribution in [0.25, 0.3) is 0 Å². The normalized spacial score (nSPS) is 18.2. The Bertz CT molecular complexity index is 1050. The van der Waals surface area contributed by atoms with Gasteiger partial charge in [0.2, 0.25) is 0 Å². The van der Waals surface area contributed by atoms with E-state index in [-0.39, 0.29) is 17.7 Å². The van der Waals surface area contributed by atoms with Crippen LogP contribution in [0.4, 0.5) is 10.5 Å². The second-order valence-electron chi connectivity index (χ2n) is 8.67. The first-order valence-electron chi connectivity index (χ1n) is 10.4. The van der Waals surface area contributed by atoms with Gasteiger partial charge in [-0.05, 0) is 56.7 Å². The van der Waals surface area contributed by atoms with Crippen molar-refractivity contribution in [2.45, 2.75) is 56.0 Å². The summed E-state index contributed by atoms with van der Waals surface area (Å²) in [5.74, 6) is -0.806. The number of ether oxygens (including phenoxy) is 2. The lowest BCUT2D eigenvalue weighted by Crippen LogP contribution is -2.52. The third-order valence-corrected chi connectivity index (χ3v) is 6.41. The smallest absolute Gasteiger partial charge is 0.408 e. The van der Waals surface area contributed by atoms with Crippen molar-refractivity contribution in [3.05, 3.63) is 58.6 Å². The van der Waals surface area contributed by atoms with Crippen LogP contribution in [-0.2, 0) is 20.8 Å². The topological polar surface area (TPSA) is 84.9 Å². The number of anilines is 1. The number of carbonyl (C=O) groups excluding carboxylic acids is 3. The molecule has 0 unspecified atom stereocenters. The summed E-state index contributed by atoms with van der Waals surface area (Å²) < 4.78 is 10.2. The maximum absolute atomic E-state index is 13.7. The van der Waals surface area contributed by atoms with Gasteiger partial charge >= 0.3 is 12.1 Å². The van der Waals surface area contributed by atoms with Crippen molar-refractivity contribution in [2.24, 2.45) is 0 Å². The molecule has 9 heteroatoms. The zero-order valence-corrected chi connectivity index (χ0v) is 20.8. The number of carbonyl (C=O) groups is 3. The predicted octanol–water partition coefficient (Wildman–Crippen LogP) is 5.05. The molecule has 7 nitrogen and oxygen atoms in total. The second-order valence-corrected chi connectivity index (χ2v) is 10.5. The fourth-order valence-corrected chi connectivity index (χ4v) is 4.66. The summed E-state index contributed by atoms with van der Waals surface area (Å²) in [5.41, 5.74) is 1.05. The molecule has 176 valence electrons. The van der Waals surface area contributed by atoms with E-state index in [0.29, 0.717) is 16.3 Å². The van der Waals surface area contributed by atoms with Gasteiger partial charge in [0.25, 0.3) is 5.91 Å². The highest BCUT2D eigenvalue weighted by Crippen LogP contribution is 2.39. The van der Waals surface area contributed by atoms with Gasteiger partial charge in [0.05, 0.1) is 24.9 Å². The Morgan fingerprint density at radius 3 is 2.42 bits per heavy atom. The number of hydrogen-bond donors (Lipinski definition) is 1. The van der Waals surface area contributed by atoms with E-state index in [1.165, 1.54) is 18.9 Å². The molecular weight excluding hydrogens is 464 g/mol. The Labute approximate surface area is 202 Å². The third kappa shape index (κ3) is 6.21.